The Morgan fingerprint density at radius 1 is 1.11 bits per heavy atom. The van der Waals surface area contributed by atoms with Crippen molar-refractivity contribution in [1.29, 1.82) is 0 Å². The molecule has 1 N–H and O–H groups in total. The molecule has 0 saturated carbocycles. The summed E-state index contributed by atoms with van der Waals surface area (Å²) >= 11 is 0. The van der Waals surface area contributed by atoms with Gasteiger partial charge in [-0.3, -0.25) is 4.90 Å². The molecule has 98 valence electrons. The van der Waals surface area contributed by atoms with Gasteiger partial charge in [0.15, 0.2) is 0 Å². The predicted molar refractivity (Wildman–Crippen MR) is 74.0 cm³/mol. The van der Waals surface area contributed by atoms with Crippen LogP contribution in [-0.4, -0.2) is 17.7 Å². The van der Waals surface area contributed by atoms with E-state index in [0.717, 1.165) is 5.75 Å². The van der Waals surface area contributed by atoms with E-state index in [4.69, 9.17) is 9.84 Å². The quantitative estimate of drug-likeness (QED) is 0.901. The first kappa shape index (κ1) is 13.0. The zero-order chi connectivity index (χ0) is 13.7. The maximum atomic E-state index is 11.1. The van der Waals surface area contributed by atoms with Gasteiger partial charge < -0.3 is 9.84 Å². The topological polar surface area (TPSA) is 49.8 Å². The van der Waals surface area contributed by atoms with Crippen LogP contribution in [0.3, 0.4) is 0 Å². The van der Waals surface area contributed by atoms with Crippen molar-refractivity contribution in [3.63, 3.8) is 0 Å². The number of rotatable bonds is 4. The van der Waals surface area contributed by atoms with Gasteiger partial charge in [0.25, 0.3) is 0 Å². The number of hydrogen-bond donors (Lipinski definition) is 1. The fourth-order valence-electron chi connectivity index (χ4n) is 1.77. The molecule has 0 atom stereocenters. The molecule has 0 fully saturated rings. The molecule has 0 aliphatic heterocycles. The first-order valence-corrected chi connectivity index (χ1v) is 6.04. The van der Waals surface area contributed by atoms with Gasteiger partial charge in [0, 0.05) is 12.6 Å². The lowest BCUT2D eigenvalue weighted by Gasteiger charge is -2.17. The second-order valence-electron chi connectivity index (χ2n) is 3.94. The molecule has 0 saturated heterocycles. The van der Waals surface area contributed by atoms with Crippen molar-refractivity contribution in [2.24, 2.45) is 0 Å². The van der Waals surface area contributed by atoms with Gasteiger partial charge in [-0.1, -0.05) is 24.3 Å². The number of hydrogen-bond acceptors (Lipinski definition) is 2. The summed E-state index contributed by atoms with van der Waals surface area (Å²) in [6.45, 7) is 2.18. The molecule has 0 aromatic heterocycles. The third kappa shape index (κ3) is 3.25. The number of carbonyl (C=O) groups is 1. The summed E-state index contributed by atoms with van der Waals surface area (Å²) in [6.07, 6.45) is -0.973. The molecular formula is C15H15NO3. The molecule has 0 aliphatic rings. The first-order valence-electron chi connectivity index (χ1n) is 6.04. The third-order valence-electron chi connectivity index (χ3n) is 2.66. The minimum atomic E-state index is -0.973. The molecule has 2 rings (SSSR count). The molecule has 0 radical (unpaired) electrons. The Bertz CT molecular complexity index is 554. The Kier molecular flexibility index (Phi) is 4.03. The van der Waals surface area contributed by atoms with Crippen LogP contribution in [0.1, 0.15) is 6.92 Å². The Morgan fingerprint density at radius 2 is 1.79 bits per heavy atom. The highest BCUT2D eigenvalue weighted by atomic mass is 16.5. The summed E-state index contributed by atoms with van der Waals surface area (Å²) in [7, 11) is 0. The molecule has 4 nitrogen and oxygen atoms in total. The minimum absolute atomic E-state index is 0.393. The Morgan fingerprint density at radius 3 is 2.42 bits per heavy atom. The van der Waals surface area contributed by atoms with Crippen LogP contribution in [-0.2, 0) is 0 Å². The van der Waals surface area contributed by atoms with Gasteiger partial charge in [-0.05, 0) is 31.2 Å². The van der Waals surface area contributed by atoms with Crippen molar-refractivity contribution in [3.8, 4) is 11.5 Å². The van der Waals surface area contributed by atoms with Crippen LogP contribution in [0, 0.1) is 0 Å². The predicted octanol–water partition coefficient (Wildman–Crippen LogP) is 3.98. The van der Waals surface area contributed by atoms with E-state index >= 15 is 0 Å². The molecule has 0 bridgehead atoms. The molecular weight excluding hydrogens is 242 g/mol. The molecule has 19 heavy (non-hydrogen) atoms. The van der Waals surface area contributed by atoms with Gasteiger partial charge in [0.05, 0.1) is 5.69 Å². The van der Waals surface area contributed by atoms with Gasteiger partial charge in [-0.2, -0.15) is 0 Å². The van der Waals surface area contributed by atoms with Crippen LogP contribution in [0.4, 0.5) is 10.5 Å². The number of nitrogens with zero attached hydrogens (tertiary/aromatic N) is 1. The summed E-state index contributed by atoms with van der Waals surface area (Å²) in [5, 5.41) is 9.09. The maximum Gasteiger partial charge on any atom is 0.411 e. The van der Waals surface area contributed by atoms with E-state index in [9.17, 15) is 4.79 Å². The van der Waals surface area contributed by atoms with Crippen LogP contribution in [0.15, 0.2) is 54.6 Å². The molecule has 0 unspecified atom stereocenters. The Hall–Kier alpha value is -2.49. The molecule has 0 aliphatic carbocycles. The van der Waals surface area contributed by atoms with Crippen molar-refractivity contribution < 1.29 is 14.6 Å². The van der Waals surface area contributed by atoms with Crippen LogP contribution in [0.5, 0.6) is 11.5 Å². The minimum Gasteiger partial charge on any atom is -0.465 e. The average molecular weight is 257 g/mol. The zero-order valence-electron chi connectivity index (χ0n) is 10.6. The number of amides is 1. The maximum absolute atomic E-state index is 11.1. The van der Waals surface area contributed by atoms with Crippen LogP contribution < -0.4 is 9.64 Å². The van der Waals surface area contributed by atoms with Crippen molar-refractivity contribution >= 4 is 11.8 Å². The summed E-state index contributed by atoms with van der Waals surface area (Å²) in [5.41, 5.74) is 0.600. The number of carboxylic acid groups (broad SMARTS) is 1. The number of benzene rings is 2. The zero-order valence-corrected chi connectivity index (χ0v) is 10.6. The molecule has 4 heteroatoms. The summed E-state index contributed by atoms with van der Waals surface area (Å²) < 4.78 is 5.67. The number of ether oxygens (including phenoxy) is 1. The SMILES string of the molecule is CCN(C(=O)O)c1cccc(Oc2ccccc2)c1. The highest BCUT2D eigenvalue weighted by molar-refractivity contribution is 5.86. The van der Waals surface area contributed by atoms with Crippen LogP contribution in [0.25, 0.3) is 0 Å². The normalized spacial score (nSPS) is 9.95. The van der Waals surface area contributed by atoms with E-state index in [1.807, 2.05) is 30.3 Å². The standard InChI is InChI=1S/C15H15NO3/c1-2-16(15(17)18)12-7-6-10-14(11-12)19-13-8-4-3-5-9-13/h3-11H,2H2,1H3,(H,17,18). The monoisotopic (exact) mass is 257 g/mol. The van der Waals surface area contributed by atoms with Gasteiger partial charge in [-0.15, -0.1) is 0 Å². The Balaban J connectivity index is 2.22. The van der Waals surface area contributed by atoms with Crippen molar-refractivity contribution in [3.05, 3.63) is 54.6 Å². The lowest BCUT2D eigenvalue weighted by molar-refractivity contribution is 0.202. The van der Waals surface area contributed by atoms with E-state index in [1.54, 1.807) is 31.2 Å². The highest BCUT2D eigenvalue weighted by Gasteiger charge is 2.12. The first-order chi connectivity index (χ1) is 9.20. The smallest absolute Gasteiger partial charge is 0.411 e. The fourth-order valence-corrected chi connectivity index (χ4v) is 1.77. The van der Waals surface area contributed by atoms with Gasteiger partial charge in [-0.25, -0.2) is 4.79 Å². The second kappa shape index (κ2) is 5.91. The molecule has 2 aromatic carbocycles. The number of para-hydroxylation sites is 1. The van der Waals surface area contributed by atoms with E-state index in [0.29, 0.717) is 18.0 Å². The average Bonchev–Trinajstić information content (AvgIpc) is 2.41. The van der Waals surface area contributed by atoms with E-state index in [-0.39, 0.29) is 0 Å². The molecule has 2 aromatic rings. The summed E-state index contributed by atoms with van der Waals surface area (Å²) in [6, 6.07) is 16.4. The van der Waals surface area contributed by atoms with E-state index in [1.165, 1.54) is 4.90 Å². The number of anilines is 1. The van der Waals surface area contributed by atoms with Gasteiger partial charge in [0.2, 0.25) is 0 Å². The Labute approximate surface area is 111 Å². The largest absolute Gasteiger partial charge is 0.465 e. The van der Waals surface area contributed by atoms with Crippen molar-refractivity contribution in [2.75, 3.05) is 11.4 Å². The molecule has 1 amide bonds. The van der Waals surface area contributed by atoms with Gasteiger partial charge >= 0.3 is 6.09 Å². The fraction of sp³-hybridized carbons (Fsp3) is 0.133. The van der Waals surface area contributed by atoms with Crippen molar-refractivity contribution in [1.82, 2.24) is 0 Å². The summed E-state index contributed by atoms with van der Waals surface area (Å²) in [5.74, 6) is 1.33. The van der Waals surface area contributed by atoms with Crippen LogP contribution in [0.2, 0.25) is 0 Å². The molecule has 0 heterocycles. The highest BCUT2D eigenvalue weighted by Crippen LogP contribution is 2.25. The van der Waals surface area contributed by atoms with Crippen molar-refractivity contribution in [2.45, 2.75) is 6.92 Å². The lowest BCUT2D eigenvalue weighted by atomic mass is 10.2. The van der Waals surface area contributed by atoms with E-state index in [2.05, 4.69) is 0 Å². The lowest BCUT2D eigenvalue weighted by Crippen LogP contribution is -2.28. The third-order valence-corrected chi connectivity index (χ3v) is 2.66. The van der Waals surface area contributed by atoms with Gasteiger partial charge in [0.1, 0.15) is 11.5 Å². The van der Waals surface area contributed by atoms with E-state index < -0.39 is 6.09 Å². The second-order valence-corrected chi connectivity index (χ2v) is 3.94. The summed E-state index contributed by atoms with van der Waals surface area (Å²) in [4.78, 5) is 12.3. The molecule has 0 spiro atoms. The van der Waals surface area contributed by atoms with Crippen LogP contribution >= 0.6 is 0 Å².